The zero-order valence-electron chi connectivity index (χ0n) is 17.7. The third-order valence-corrected chi connectivity index (χ3v) is 5.21. The topological polar surface area (TPSA) is 46.9 Å². The first-order valence-corrected chi connectivity index (χ1v) is 10.0. The Kier molecular flexibility index (Phi) is 5.23. The number of carbonyl (C=O) groups is 1. The first-order valence-electron chi connectivity index (χ1n) is 10.0. The van der Waals surface area contributed by atoms with E-state index >= 15 is 0 Å². The van der Waals surface area contributed by atoms with Gasteiger partial charge in [0.2, 0.25) is 0 Å². The van der Waals surface area contributed by atoms with Gasteiger partial charge in [-0.05, 0) is 63.1 Å². The van der Waals surface area contributed by atoms with Crippen LogP contribution in [0, 0.1) is 27.7 Å². The minimum absolute atomic E-state index is 0.220. The van der Waals surface area contributed by atoms with Gasteiger partial charge in [0.15, 0.2) is 5.69 Å². The van der Waals surface area contributed by atoms with E-state index in [1.165, 1.54) is 11.1 Å². The summed E-state index contributed by atoms with van der Waals surface area (Å²) in [6.45, 7) is 8.11. The van der Waals surface area contributed by atoms with Gasteiger partial charge in [-0.1, -0.05) is 59.7 Å². The molecule has 30 heavy (non-hydrogen) atoms. The second kappa shape index (κ2) is 7.99. The summed E-state index contributed by atoms with van der Waals surface area (Å²) in [6.07, 6.45) is 0. The van der Waals surface area contributed by atoms with Crippen molar-refractivity contribution in [3.63, 3.8) is 0 Å². The number of carbonyl (C=O) groups excluding carboxylic acids is 1. The summed E-state index contributed by atoms with van der Waals surface area (Å²) < 4.78 is 1.84. The first-order chi connectivity index (χ1) is 14.4. The van der Waals surface area contributed by atoms with Crippen LogP contribution in [0.4, 0.5) is 5.69 Å². The minimum Gasteiger partial charge on any atom is -0.320 e. The molecule has 4 heteroatoms. The van der Waals surface area contributed by atoms with E-state index in [0.717, 1.165) is 33.8 Å². The van der Waals surface area contributed by atoms with Crippen LogP contribution < -0.4 is 5.32 Å². The van der Waals surface area contributed by atoms with E-state index in [0.29, 0.717) is 5.69 Å². The number of benzene rings is 3. The molecule has 4 nitrogen and oxygen atoms in total. The predicted molar refractivity (Wildman–Crippen MR) is 122 cm³/mol. The second-order valence-electron chi connectivity index (χ2n) is 7.80. The molecule has 0 spiro atoms. The molecule has 0 bridgehead atoms. The monoisotopic (exact) mass is 395 g/mol. The highest BCUT2D eigenvalue weighted by Gasteiger charge is 2.17. The molecule has 150 valence electrons. The van der Waals surface area contributed by atoms with Gasteiger partial charge in [-0.2, -0.15) is 5.10 Å². The fraction of sp³-hybridized carbons (Fsp3) is 0.154. The van der Waals surface area contributed by atoms with Crippen molar-refractivity contribution in [2.75, 3.05) is 5.32 Å². The predicted octanol–water partition coefficient (Wildman–Crippen LogP) is 6.03. The fourth-order valence-electron chi connectivity index (χ4n) is 3.36. The molecule has 1 N–H and O–H groups in total. The third kappa shape index (κ3) is 4.03. The Hall–Kier alpha value is -3.66. The van der Waals surface area contributed by atoms with Gasteiger partial charge in [0.05, 0.1) is 11.4 Å². The van der Waals surface area contributed by atoms with Crippen LogP contribution >= 0.6 is 0 Å². The van der Waals surface area contributed by atoms with Crippen molar-refractivity contribution < 1.29 is 4.79 Å². The molecule has 0 saturated carbocycles. The maximum atomic E-state index is 13.0. The molecular weight excluding hydrogens is 370 g/mol. The quantitative estimate of drug-likeness (QED) is 0.459. The van der Waals surface area contributed by atoms with E-state index in [1.54, 1.807) is 0 Å². The average Bonchev–Trinajstić information content (AvgIpc) is 3.17. The minimum atomic E-state index is -0.220. The third-order valence-electron chi connectivity index (χ3n) is 5.21. The van der Waals surface area contributed by atoms with Crippen molar-refractivity contribution in [3.8, 4) is 16.9 Å². The number of rotatable bonds is 4. The van der Waals surface area contributed by atoms with E-state index in [1.807, 2.05) is 67.1 Å². The van der Waals surface area contributed by atoms with Gasteiger partial charge in [-0.25, -0.2) is 4.68 Å². The van der Waals surface area contributed by atoms with Crippen LogP contribution in [0.1, 0.15) is 32.7 Å². The number of nitrogens with zero attached hydrogens (tertiary/aromatic N) is 2. The maximum absolute atomic E-state index is 13.0. The lowest BCUT2D eigenvalue weighted by Crippen LogP contribution is -2.14. The van der Waals surface area contributed by atoms with Crippen molar-refractivity contribution >= 4 is 11.6 Å². The summed E-state index contributed by atoms with van der Waals surface area (Å²) in [7, 11) is 0. The summed E-state index contributed by atoms with van der Waals surface area (Å²) >= 11 is 0. The molecule has 1 aromatic heterocycles. The number of aromatic nitrogens is 2. The molecular formula is C26H25N3O. The normalized spacial score (nSPS) is 10.8. The summed E-state index contributed by atoms with van der Waals surface area (Å²) in [5.41, 5.74) is 8.48. The number of hydrogen-bond acceptors (Lipinski definition) is 2. The fourth-order valence-corrected chi connectivity index (χ4v) is 3.36. The van der Waals surface area contributed by atoms with Gasteiger partial charge in [0, 0.05) is 11.3 Å². The van der Waals surface area contributed by atoms with E-state index in [4.69, 9.17) is 0 Å². The Morgan fingerprint density at radius 1 is 0.767 bits per heavy atom. The molecule has 0 saturated heterocycles. The molecule has 3 aromatic carbocycles. The Morgan fingerprint density at radius 2 is 1.37 bits per heavy atom. The van der Waals surface area contributed by atoms with E-state index in [9.17, 15) is 4.79 Å². The molecule has 4 rings (SSSR count). The highest BCUT2D eigenvalue weighted by atomic mass is 16.2. The van der Waals surface area contributed by atoms with E-state index in [-0.39, 0.29) is 5.91 Å². The highest BCUT2D eigenvalue weighted by Crippen LogP contribution is 2.26. The Balaban J connectivity index is 1.76. The van der Waals surface area contributed by atoms with Gasteiger partial charge in [0.25, 0.3) is 5.91 Å². The summed E-state index contributed by atoms with van der Waals surface area (Å²) in [5.74, 6) is -0.220. The lowest BCUT2D eigenvalue weighted by molar-refractivity contribution is 0.102. The van der Waals surface area contributed by atoms with Crippen molar-refractivity contribution in [3.05, 3.63) is 101 Å². The van der Waals surface area contributed by atoms with Gasteiger partial charge >= 0.3 is 0 Å². The van der Waals surface area contributed by atoms with Crippen LogP contribution in [0.15, 0.2) is 72.8 Å². The van der Waals surface area contributed by atoms with Gasteiger partial charge in [0.1, 0.15) is 0 Å². The zero-order valence-corrected chi connectivity index (χ0v) is 17.7. The van der Waals surface area contributed by atoms with Gasteiger partial charge in [-0.3, -0.25) is 4.79 Å². The van der Waals surface area contributed by atoms with Crippen molar-refractivity contribution in [2.24, 2.45) is 0 Å². The van der Waals surface area contributed by atoms with Gasteiger partial charge < -0.3 is 5.32 Å². The summed E-state index contributed by atoms with van der Waals surface area (Å²) in [5, 5.41) is 7.68. The molecule has 1 heterocycles. The van der Waals surface area contributed by atoms with Gasteiger partial charge in [-0.15, -0.1) is 0 Å². The number of hydrogen-bond donors (Lipinski definition) is 1. The molecule has 1 amide bonds. The van der Waals surface area contributed by atoms with Crippen LogP contribution in [0.25, 0.3) is 16.9 Å². The van der Waals surface area contributed by atoms with Crippen molar-refractivity contribution in [1.82, 2.24) is 9.78 Å². The maximum Gasteiger partial charge on any atom is 0.276 e. The smallest absolute Gasteiger partial charge is 0.276 e. The van der Waals surface area contributed by atoms with Crippen LogP contribution in [0.3, 0.4) is 0 Å². The Morgan fingerprint density at radius 3 is 2.03 bits per heavy atom. The summed E-state index contributed by atoms with van der Waals surface area (Å²) in [6, 6.07) is 24.3. The Bertz CT molecular complexity index is 1140. The van der Waals surface area contributed by atoms with E-state index < -0.39 is 0 Å². The van der Waals surface area contributed by atoms with Crippen LogP contribution in [0.2, 0.25) is 0 Å². The molecule has 0 fully saturated rings. The lowest BCUT2D eigenvalue weighted by Gasteiger charge is -2.08. The summed E-state index contributed by atoms with van der Waals surface area (Å²) in [4.78, 5) is 13.0. The number of amides is 1. The Labute approximate surface area is 177 Å². The van der Waals surface area contributed by atoms with Crippen molar-refractivity contribution in [2.45, 2.75) is 27.7 Å². The van der Waals surface area contributed by atoms with Crippen molar-refractivity contribution in [1.29, 1.82) is 0 Å². The highest BCUT2D eigenvalue weighted by molar-refractivity contribution is 6.04. The molecule has 0 unspecified atom stereocenters. The number of aryl methyl sites for hydroxylation is 4. The molecule has 4 aromatic rings. The molecule has 0 aliphatic carbocycles. The lowest BCUT2D eigenvalue weighted by atomic mass is 10.1. The number of nitrogens with one attached hydrogen (secondary N) is 1. The van der Waals surface area contributed by atoms with E-state index in [2.05, 4.69) is 48.5 Å². The first kappa shape index (κ1) is 19.6. The average molecular weight is 396 g/mol. The largest absolute Gasteiger partial charge is 0.320 e. The van der Waals surface area contributed by atoms with Crippen LogP contribution in [-0.2, 0) is 0 Å². The standard InChI is InChI=1S/C26H25N3O/c1-17-6-11-21(12-7-17)25-16-24(28-29(25)22-13-8-18(2)9-14-22)26(30)27-23-15-19(3)5-10-20(23)4/h5-16H,1-4H3,(H,27,30). The molecule has 0 aliphatic heterocycles. The van der Waals surface area contributed by atoms with Crippen LogP contribution in [-0.4, -0.2) is 15.7 Å². The van der Waals surface area contributed by atoms with Crippen LogP contribution in [0.5, 0.6) is 0 Å². The zero-order chi connectivity index (χ0) is 21.3. The molecule has 0 aliphatic rings. The molecule has 0 radical (unpaired) electrons. The second-order valence-corrected chi connectivity index (χ2v) is 7.80. The molecule has 0 atom stereocenters. The SMILES string of the molecule is Cc1ccc(-c2cc(C(=O)Nc3cc(C)ccc3C)nn2-c2ccc(C)cc2)cc1. The number of anilines is 1.